The zero-order chi connectivity index (χ0) is 29.3. The summed E-state index contributed by atoms with van der Waals surface area (Å²) in [7, 11) is 0. The second-order valence-electron chi connectivity index (χ2n) is 11.7. The van der Waals surface area contributed by atoms with Gasteiger partial charge in [0.05, 0.1) is 5.41 Å². The molecule has 0 aromatic heterocycles. The van der Waals surface area contributed by atoms with Crippen LogP contribution in [-0.2, 0) is 5.41 Å². The average molecular weight is 564 g/mol. The molecule has 44 heavy (non-hydrogen) atoms. The molecule has 0 aliphatic heterocycles. The second kappa shape index (κ2) is 11.0. The van der Waals surface area contributed by atoms with Crippen LogP contribution in [0.15, 0.2) is 175 Å². The Labute approximate surface area is 259 Å². The smallest absolute Gasteiger partial charge is 0.0676 e. The van der Waals surface area contributed by atoms with Gasteiger partial charge in [0.2, 0.25) is 0 Å². The quantitative estimate of drug-likeness (QED) is 0.212. The Morgan fingerprint density at radius 1 is 0.500 bits per heavy atom. The Bertz CT molecular complexity index is 1960. The lowest BCUT2D eigenvalue weighted by Gasteiger charge is -2.36. The summed E-state index contributed by atoms with van der Waals surface area (Å²) in [6.45, 7) is 0. The molecule has 2 aliphatic rings. The third-order valence-corrected chi connectivity index (χ3v) is 9.23. The van der Waals surface area contributed by atoms with E-state index in [0.29, 0.717) is 0 Å². The van der Waals surface area contributed by atoms with Gasteiger partial charge in [0.25, 0.3) is 0 Å². The first-order valence-corrected chi connectivity index (χ1v) is 15.5. The number of anilines is 2. The number of benzene rings is 6. The van der Waals surface area contributed by atoms with Gasteiger partial charge in [0.15, 0.2) is 0 Å². The molecule has 8 rings (SSSR count). The average Bonchev–Trinajstić information content (AvgIpc) is 3.41. The Hall–Kier alpha value is -5.40. The molecule has 0 unspecified atom stereocenters. The van der Waals surface area contributed by atoms with E-state index < -0.39 is 0 Å². The van der Waals surface area contributed by atoms with Gasteiger partial charge in [-0.1, -0.05) is 146 Å². The van der Waals surface area contributed by atoms with Crippen LogP contribution in [-0.4, -0.2) is 0 Å². The van der Waals surface area contributed by atoms with Crippen LogP contribution in [0.2, 0.25) is 0 Å². The van der Waals surface area contributed by atoms with Crippen LogP contribution >= 0.6 is 0 Å². The van der Waals surface area contributed by atoms with Crippen molar-refractivity contribution in [3.8, 4) is 22.3 Å². The van der Waals surface area contributed by atoms with E-state index >= 15 is 0 Å². The molecule has 0 amide bonds. The van der Waals surface area contributed by atoms with Crippen molar-refractivity contribution in [2.45, 2.75) is 18.3 Å². The molecular formula is C43H33N. The van der Waals surface area contributed by atoms with Gasteiger partial charge < -0.3 is 5.32 Å². The molecule has 0 saturated carbocycles. The van der Waals surface area contributed by atoms with Crippen molar-refractivity contribution >= 4 is 16.9 Å². The van der Waals surface area contributed by atoms with Crippen molar-refractivity contribution in [1.29, 1.82) is 0 Å². The molecule has 0 bridgehead atoms. The van der Waals surface area contributed by atoms with Gasteiger partial charge in [-0.05, 0) is 92.8 Å². The summed E-state index contributed by atoms with van der Waals surface area (Å²) in [6.07, 6.45) is 6.84. The van der Waals surface area contributed by atoms with E-state index in [1.807, 2.05) is 0 Å². The lowest BCUT2D eigenvalue weighted by molar-refractivity contribution is 0.696. The lowest BCUT2D eigenvalue weighted by Crippen LogP contribution is -2.30. The van der Waals surface area contributed by atoms with E-state index in [4.69, 9.17) is 0 Å². The van der Waals surface area contributed by atoms with Gasteiger partial charge in [-0.3, -0.25) is 0 Å². The van der Waals surface area contributed by atoms with E-state index in [0.717, 1.165) is 24.2 Å². The third-order valence-electron chi connectivity index (χ3n) is 9.23. The number of nitrogens with one attached hydrogen (secondary N) is 1. The molecule has 6 aromatic carbocycles. The first-order valence-electron chi connectivity index (χ1n) is 15.5. The Kier molecular flexibility index (Phi) is 6.57. The van der Waals surface area contributed by atoms with Crippen LogP contribution in [0.3, 0.4) is 0 Å². The molecule has 1 nitrogen and oxygen atoms in total. The molecule has 1 N–H and O–H groups in total. The highest BCUT2D eigenvalue weighted by Crippen LogP contribution is 2.58. The minimum atomic E-state index is -0.315. The van der Waals surface area contributed by atoms with Crippen molar-refractivity contribution in [3.05, 3.63) is 198 Å². The Morgan fingerprint density at radius 3 is 1.82 bits per heavy atom. The van der Waals surface area contributed by atoms with Crippen LogP contribution in [0.1, 0.15) is 35.1 Å². The molecule has 6 aromatic rings. The summed E-state index contributed by atoms with van der Waals surface area (Å²) < 4.78 is 0. The zero-order valence-corrected chi connectivity index (χ0v) is 24.6. The van der Waals surface area contributed by atoms with Crippen LogP contribution in [0.5, 0.6) is 0 Å². The maximum absolute atomic E-state index is 3.66. The van der Waals surface area contributed by atoms with Gasteiger partial charge in [-0.25, -0.2) is 0 Å². The molecule has 1 heteroatoms. The predicted octanol–water partition coefficient (Wildman–Crippen LogP) is 11.2. The van der Waals surface area contributed by atoms with E-state index in [-0.39, 0.29) is 5.41 Å². The van der Waals surface area contributed by atoms with E-state index in [2.05, 4.69) is 175 Å². The summed E-state index contributed by atoms with van der Waals surface area (Å²) in [5, 5.41) is 3.66. The number of rotatable bonds is 6. The minimum absolute atomic E-state index is 0.315. The van der Waals surface area contributed by atoms with Crippen LogP contribution in [0.4, 0.5) is 11.4 Å². The van der Waals surface area contributed by atoms with Crippen molar-refractivity contribution in [2.24, 2.45) is 0 Å². The summed E-state index contributed by atoms with van der Waals surface area (Å²) in [5.41, 5.74) is 15.1. The van der Waals surface area contributed by atoms with Gasteiger partial charge >= 0.3 is 0 Å². The maximum Gasteiger partial charge on any atom is 0.0676 e. The van der Waals surface area contributed by atoms with Gasteiger partial charge in [-0.15, -0.1) is 0 Å². The van der Waals surface area contributed by atoms with Gasteiger partial charge in [0.1, 0.15) is 0 Å². The molecule has 210 valence electrons. The van der Waals surface area contributed by atoms with Crippen molar-refractivity contribution < 1.29 is 0 Å². The number of allylic oxidation sites excluding steroid dienone is 4. The summed E-state index contributed by atoms with van der Waals surface area (Å²) in [6, 6.07) is 57.2. The largest absolute Gasteiger partial charge is 0.356 e. The second-order valence-corrected chi connectivity index (χ2v) is 11.7. The van der Waals surface area contributed by atoms with Crippen molar-refractivity contribution in [2.75, 3.05) is 5.32 Å². The molecular weight excluding hydrogens is 530 g/mol. The summed E-state index contributed by atoms with van der Waals surface area (Å²) in [5.74, 6) is 0. The fourth-order valence-electron chi connectivity index (χ4n) is 7.36. The van der Waals surface area contributed by atoms with Crippen LogP contribution in [0.25, 0.3) is 27.8 Å². The first kappa shape index (κ1) is 26.2. The van der Waals surface area contributed by atoms with E-state index in [1.165, 1.54) is 55.7 Å². The van der Waals surface area contributed by atoms with E-state index in [1.54, 1.807) is 0 Å². The molecule has 2 aliphatic carbocycles. The van der Waals surface area contributed by atoms with Crippen LogP contribution < -0.4 is 5.32 Å². The van der Waals surface area contributed by atoms with Crippen molar-refractivity contribution in [1.82, 2.24) is 0 Å². The monoisotopic (exact) mass is 563 g/mol. The Balaban J connectivity index is 1.24. The molecule has 0 radical (unpaired) electrons. The highest BCUT2D eigenvalue weighted by Gasteiger charge is 2.47. The molecule has 0 saturated heterocycles. The molecule has 0 heterocycles. The SMILES string of the molecule is C1=CC2=C(CC1)C(c1ccccc1)(c1ccccc1)c1cccc(-c3cccc(Nc4ccc(-c5ccccc5)cc4)c3)c12. The number of hydrogen-bond acceptors (Lipinski definition) is 1. The lowest BCUT2D eigenvalue weighted by atomic mass is 9.65. The topological polar surface area (TPSA) is 12.0 Å². The Morgan fingerprint density at radius 2 is 1.11 bits per heavy atom. The number of hydrogen-bond donors (Lipinski definition) is 1. The molecule has 0 fully saturated rings. The normalized spacial score (nSPS) is 14.6. The highest BCUT2D eigenvalue weighted by atomic mass is 14.9. The predicted molar refractivity (Wildman–Crippen MR) is 185 cm³/mol. The van der Waals surface area contributed by atoms with Crippen molar-refractivity contribution in [3.63, 3.8) is 0 Å². The maximum atomic E-state index is 3.66. The zero-order valence-electron chi connectivity index (χ0n) is 24.6. The van der Waals surface area contributed by atoms with Crippen LogP contribution in [0, 0.1) is 0 Å². The minimum Gasteiger partial charge on any atom is -0.356 e. The number of fused-ring (bicyclic) bond motifs is 2. The highest BCUT2D eigenvalue weighted by molar-refractivity contribution is 5.97. The van der Waals surface area contributed by atoms with Gasteiger partial charge in [0, 0.05) is 11.4 Å². The standard InChI is InChI=1S/C43H33N/c1-4-14-31(15-5-1)32-26-28-36(29-27-32)44-37-21-12-16-33(30-37)38-23-13-25-41-42(38)39-22-10-11-24-40(39)43(41,34-17-6-2-7-18-34)35-19-8-3-9-20-35/h1-10,12-23,25-30,44H,11,24H2. The summed E-state index contributed by atoms with van der Waals surface area (Å²) >= 11 is 0. The fraction of sp³-hybridized carbons (Fsp3) is 0.0698. The fourth-order valence-corrected chi connectivity index (χ4v) is 7.36. The summed E-state index contributed by atoms with van der Waals surface area (Å²) in [4.78, 5) is 0. The molecule has 0 spiro atoms. The van der Waals surface area contributed by atoms with E-state index in [9.17, 15) is 0 Å². The van der Waals surface area contributed by atoms with Gasteiger partial charge in [-0.2, -0.15) is 0 Å². The first-order chi connectivity index (χ1) is 21.8. The third kappa shape index (κ3) is 4.32. The molecule has 0 atom stereocenters.